The Morgan fingerprint density at radius 2 is 2.36 bits per heavy atom. The highest BCUT2D eigenvalue weighted by atomic mass is 32.1. The molecule has 2 rings (SSSR count). The highest BCUT2D eigenvalue weighted by molar-refractivity contribution is 7.18. The van der Waals surface area contributed by atoms with Crippen LogP contribution in [-0.2, 0) is 4.79 Å². The highest BCUT2D eigenvalue weighted by Gasteiger charge is 2.39. The SMILES string of the molecule is CC1(CC(=O)Nc2nnc(N)s2)CC1. The fourth-order valence-corrected chi connectivity index (χ4v) is 1.75. The predicted molar refractivity (Wildman–Crippen MR) is 54.9 cm³/mol. The molecule has 1 heterocycles. The van der Waals surface area contributed by atoms with Gasteiger partial charge in [0.05, 0.1) is 0 Å². The Morgan fingerprint density at radius 3 is 2.86 bits per heavy atom. The van der Waals surface area contributed by atoms with E-state index in [1.54, 1.807) is 0 Å². The molecule has 1 aliphatic carbocycles. The average molecular weight is 212 g/mol. The molecule has 0 spiro atoms. The first-order valence-electron chi connectivity index (χ1n) is 4.46. The van der Waals surface area contributed by atoms with Crippen molar-refractivity contribution in [2.45, 2.75) is 26.2 Å². The smallest absolute Gasteiger partial charge is 0.226 e. The number of carbonyl (C=O) groups excluding carboxylic acids is 1. The standard InChI is InChI=1S/C8H12N4OS/c1-8(2-3-8)4-5(13)10-7-12-11-6(9)14-7/h2-4H2,1H3,(H2,9,11)(H,10,12,13). The van der Waals surface area contributed by atoms with Crippen LogP contribution in [0.1, 0.15) is 26.2 Å². The number of aromatic nitrogens is 2. The summed E-state index contributed by atoms with van der Waals surface area (Å²) < 4.78 is 0. The van der Waals surface area contributed by atoms with Gasteiger partial charge in [-0.05, 0) is 18.3 Å². The molecule has 0 bridgehead atoms. The van der Waals surface area contributed by atoms with E-state index < -0.39 is 0 Å². The van der Waals surface area contributed by atoms with Gasteiger partial charge >= 0.3 is 0 Å². The second kappa shape index (κ2) is 3.20. The van der Waals surface area contributed by atoms with Crippen molar-refractivity contribution >= 4 is 27.5 Å². The van der Waals surface area contributed by atoms with Crippen LogP contribution in [0.15, 0.2) is 0 Å². The van der Waals surface area contributed by atoms with Gasteiger partial charge in [0.1, 0.15) is 0 Å². The van der Waals surface area contributed by atoms with Gasteiger partial charge in [-0.1, -0.05) is 18.3 Å². The van der Waals surface area contributed by atoms with Crippen molar-refractivity contribution in [2.24, 2.45) is 5.41 Å². The first-order valence-corrected chi connectivity index (χ1v) is 5.28. The summed E-state index contributed by atoms with van der Waals surface area (Å²) >= 11 is 1.19. The first kappa shape index (κ1) is 9.39. The predicted octanol–water partition coefficient (Wildman–Crippen LogP) is 1.25. The Hall–Kier alpha value is -1.17. The molecule has 1 aliphatic rings. The number of nitrogen functional groups attached to an aromatic ring is 1. The van der Waals surface area contributed by atoms with Crippen molar-refractivity contribution < 1.29 is 4.79 Å². The lowest BCUT2D eigenvalue weighted by Gasteiger charge is -2.05. The van der Waals surface area contributed by atoms with E-state index in [-0.39, 0.29) is 11.3 Å². The van der Waals surface area contributed by atoms with E-state index >= 15 is 0 Å². The molecule has 1 aromatic rings. The molecule has 1 saturated carbocycles. The Bertz CT molecular complexity index is 358. The molecule has 6 heteroatoms. The maximum atomic E-state index is 11.5. The quantitative estimate of drug-likeness (QED) is 0.790. The molecule has 0 atom stereocenters. The van der Waals surface area contributed by atoms with E-state index in [4.69, 9.17) is 5.73 Å². The second-order valence-corrected chi connectivity index (χ2v) is 4.99. The maximum absolute atomic E-state index is 11.5. The third kappa shape index (κ3) is 2.20. The molecular formula is C8H12N4OS. The largest absolute Gasteiger partial charge is 0.374 e. The third-order valence-corrected chi connectivity index (χ3v) is 3.05. The minimum Gasteiger partial charge on any atom is -0.374 e. The van der Waals surface area contributed by atoms with Gasteiger partial charge in [0.2, 0.25) is 16.2 Å². The molecule has 0 aliphatic heterocycles. The van der Waals surface area contributed by atoms with Crippen LogP contribution in [0.5, 0.6) is 0 Å². The van der Waals surface area contributed by atoms with Crippen LogP contribution in [0.25, 0.3) is 0 Å². The Kier molecular flexibility index (Phi) is 2.14. The molecule has 0 unspecified atom stereocenters. The van der Waals surface area contributed by atoms with Gasteiger partial charge in [-0.3, -0.25) is 4.79 Å². The number of nitrogens with one attached hydrogen (secondary N) is 1. The van der Waals surface area contributed by atoms with Gasteiger partial charge in [0.25, 0.3) is 0 Å². The van der Waals surface area contributed by atoms with E-state index in [0.29, 0.717) is 16.7 Å². The van der Waals surface area contributed by atoms with Gasteiger partial charge in [-0.25, -0.2) is 0 Å². The minimum atomic E-state index is 0.00106. The summed E-state index contributed by atoms with van der Waals surface area (Å²) in [5.41, 5.74) is 5.61. The lowest BCUT2D eigenvalue weighted by atomic mass is 10.1. The van der Waals surface area contributed by atoms with Gasteiger partial charge < -0.3 is 11.1 Å². The zero-order valence-corrected chi connectivity index (χ0v) is 8.73. The van der Waals surface area contributed by atoms with Crippen LogP contribution in [-0.4, -0.2) is 16.1 Å². The van der Waals surface area contributed by atoms with E-state index in [0.717, 1.165) is 12.8 Å². The number of carbonyl (C=O) groups is 1. The molecule has 14 heavy (non-hydrogen) atoms. The molecular weight excluding hydrogens is 200 g/mol. The summed E-state index contributed by atoms with van der Waals surface area (Å²) in [6.45, 7) is 2.11. The number of nitrogens with zero attached hydrogens (tertiary/aromatic N) is 2. The number of hydrogen-bond donors (Lipinski definition) is 2. The molecule has 0 aromatic carbocycles. The minimum absolute atomic E-state index is 0.00106. The van der Waals surface area contributed by atoms with Crippen LogP contribution < -0.4 is 11.1 Å². The van der Waals surface area contributed by atoms with Gasteiger partial charge in [0.15, 0.2) is 0 Å². The monoisotopic (exact) mass is 212 g/mol. The fraction of sp³-hybridized carbons (Fsp3) is 0.625. The lowest BCUT2D eigenvalue weighted by molar-refractivity contribution is -0.117. The number of nitrogens with two attached hydrogens (primary N) is 1. The lowest BCUT2D eigenvalue weighted by Crippen LogP contribution is -2.15. The van der Waals surface area contributed by atoms with Gasteiger partial charge in [-0.15, -0.1) is 10.2 Å². The van der Waals surface area contributed by atoms with Crippen molar-refractivity contribution in [1.29, 1.82) is 0 Å². The van der Waals surface area contributed by atoms with Crippen molar-refractivity contribution in [3.63, 3.8) is 0 Å². The van der Waals surface area contributed by atoms with Crippen molar-refractivity contribution in [3.8, 4) is 0 Å². The Balaban J connectivity index is 1.88. The molecule has 0 radical (unpaired) electrons. The second-order valence-electron chi connectivity index (χ2n) is 3.98. The van der Waals surface area contributed by atoms with Crippen LogP contribution >= 0.6 is 11.3 Å². The number of rotatable bonds is 3. The van der Waals surface area contributed by atoms with Gasteiger partial charge in [0, 0.05) is 6.42 Å². The summed E-state index contributed by atoms with van der Waals surface area (Å²) in [7, 11) is 0. The first-order chi connectivity index (χ1) is 6.57. The summed E-state index contributed by atoms with van der Waals surface area (Å²) in [4.78, 5) is 11.5. The van der Waals surface area contributed by atoms with Crippen molar-refractivity contribution in [3.05, 3.63) is 0 Å². The van der Waals surface area contributed by atoms with E-state index in [1.807, 2.05) is 0 Å². The third-order valence-electron chi connectivity index (χ3n) is 2.38. The average Bonchev–Trinajstić information content (AvgIpc) is 2.64. The molecule has 1 fully saturated rings. The zero-order valence-electron chi connectivity index (χ0n) is 7.91. The van der Waals surface area contributed by atoms with Gasteiger partial charge in [-0.2, -0.15) is 0 Å². The summed E-state index contributed by atoms with van der Waals surface area (Å²) in [6.07, 6.45) is 2.84. The Morgan fingerprint density at radius 1 is 1.64 bits per heavy atom. The molecule has 0 saturated heterocycles. The Labute approximate surface area is 85.7 Å². The van der Waals surface area contributed by atoms with Crippen molar-refractivity contribution in [2.75, 3.05) is 11.1 Å². The van der Waals surface area contributed by atoms with Crippen LogP contribution in [0.2, 0.25) is 0 Å². The van der Waals surface area contributed by atoms with E-state index in [2.05, 4.69) is 22.4 Å². The topological polar surface area (TPSA) is 80.9 Å². The van der Waals surface area contributed by atoms with E-state index in [9.17, 15) is 4.79 Å². The number of anilines is 2. The van der Waals surface area contributed by atoms with Crippen molar-refractivity contribution in [1.82, 2.24) is 10.2 Å². The molecule has 76 valence electrons. The van der Waals surface area contributed by atoms with Crippen LogP contribution in [0.4, 0.5) is 10.3 Å². The van der Waals surface area contributed by atoms with E-state index in [1.165, 1.54) is 11.3 Å². The summed E-state index contributed by atoms with van der Waals surface area (Å²) in [5, 5.41) is 10.9. The molecule has 5 nitrogen and oxygen atoms in total. The summed E-state index contributed by atoms with van der Waals surface area (Å²) in [6, 6.07) is 0. The van der Waals surface area contributed by atoms with Crippen LogP contribution in [0, 0.1) is 5.41 Å². The number of amides is 1. The fourth-order valence-electron chi connectivity index (χ4n) is 1.23. The normalized spacial score (nSPS) is 17.8. The number of hydrogen-bond acceptors (Lipinski definition) is 5. The zero-order chi connectivity index (χ0) is 10.2. The highest BCUT2D eigenvalue weighted by Crippen LogP contribution is 2.48. The van der Waals surface area contributed by atoms with Crippen LogP contribution in [0.3, 0.4) is 0 Å². The molecule has 1 amide bonds. The maximum Gasteiger partial charge on any atom is 0.226 e. The molecule has 3 N–H and O–H groups in total. The summed E-state index contributed by atoms with van der Waals surface area (Å²) in [5.74, 6) is 0.00106. The molecule has 1 aromatic heterocycles.